The van der Waals surface area contributed by atoms with E-state index in [0.29, 0.717) is 22.0 Å². The van der Waals surface area contributed by atoms with Crippen molar-refractivity contribution in [2.24, 2.45) is 5.41 Å². The smallest absolute Gasteiger partial charge is 0.262 e. The van der Waals surface area contributed by atoms with Gasteiger partial charge in [-0.05, 0) is 36.8 Å². The summed E-state index contributed by atoms with van der Waals surface area (Å²) in [4.78, 5) is 12.2. The van der Waals surface area contributed by atoms with Gasteiger partial charge in [-0.15, -0.1) is 0 Å². The molecule has 25 heavy (non-hydrogen) atoms. The van der Waals surface area contributed by atoms with E-state index >= 15 is 0 Å². The second-order valence-corrected chi connectivity index (χ2v) is 8.83. The molecular weight excluding hydrogens is 360 g/mol. The van der Waals surface area contributed by atoms with E-state index in [1.54, 1.807) is 64.1 Å². The third-order valence-electron chi connectivity index (χ3n) is 3.53. The molecule has 2 rings (SSSR count). The van der Waals surface area contributed by atoms with Gasteiger partial charge in [0.2, 0.25) is 5.91 Å². The summed E-state index contributed by atoms with van der Waals surface area (Å²) in [7, 11) is -3.85. The van der Waals surface area contributed by atoms with Crippen LogP contribution in [0, 0.1) is 12.3 Å². The molecule has 1 amide bonds. The minimum absolute atomic E-state index is 0.0825. The van der Waals surface area contributed by atoms with Crippen LogP contribution in [0.2, 0.25) is 5.02 Å². The van der Waals surface area contributed by atoms with E-state index in [1.165, 1.54) is 6.07 Å². The fourth-order valence-corrected chi connectivity index (χ4v) is 3.62. The van der Waals surface area contributed by atoms with Gasteiger partial charge in [0.25, 0.3) is 10.0 Å². The number of benzene rings is 2. The first-order valence-corrected chi connectivity index (χ1v) is 9.56. The third kappa shape index (κ3) is 4.74. The average molecular weight is 381 g/mol. The molecule has 2 N–H and O–H groups in total. The molecule has 0 unspecified atom stereocenters. The minimum Gasteiger partial charge on any atom is -0.326 e. The van der Waals surface area contributed by atoms with Crippen molar-refractivity contribution >= 4 is 38.9 Å². The first kappa shape index (κ1) is 19.3. The molecule has 0 spiro atoms. The van der Waals surface area contributed by atoms with Crippen LogP contribution in [0.4, 0.5) is 11.4 Å². The number of sulfonamides is 1. The summed E-state index contributed by atoms with van der Waals surface area (Å²) in [6.07, 6.45) is 0. The highest BCUT2D eigenvalue weighted by Crippen LogP contribution is 2.27. The topological polar surface area (TPSA) is 75.3 Å². The van der Waals surface area contributed by atoms with E-state index in [1.807, 2.05) is 0 Å². The highest BCUT2D eigenvalue weighted by atomic mass is 35.5. The molecule has 134 valence electrons. The lowest BCUT2D eigenvalue weighted by Gasteiger charge is -2.18. The van der Waals surface area contributed by atoms with Crippen LogP contribution >= 0.6 is 11.6 Å². The van der Waals surface area contributed by atoms with E-state index in [9.17, 15) is 13.2 Å². The van der Waals surface area contributed by atoms with Crippen molar-refractivity contribution in [2.45, 2.75) is 32.6 Å². The zero-order chi connectivity index (χ0) is 18.8. The monoisotopic (exact) mass is 380 g/mol. The van der Waals surface area contributed by atoms with Gasteiger partial charge >= 0.3 is 0 Å². The number of para-hydroxylation sites is 1. The van der Waals surface area contributed by atoms with Crippen molar-refractivity contribution in [1.82, 2.24) is 0 Å². The van der Waals surface area contributed by atoms with Crippen LogP contribution in [0.1, 0.15) is 26.3 Å². The molecule has 0 saturated carbocycles. The Balaban J connectivity index is 2.36. The second kappa shape index (κ2) is 7.06. The average Bonchev–Trinajstić information content (AvgIpc) is 2.50. The van der Waals surface area contributed by atoms with Gasteiger partial charge in [0, 0.05) is 11.1 Å². The van der Waals surface area contributed by atoms with E-state index < -0.39 is 15.4 Å². The molecule has 0 aliphatic rings. The summed E-state index contributed by atoms with van der Waals surface area (Å²) < 4.78 is 27.9. The van der Waals surface area contributed by atoms with Gasteiger partial charge in [-0.1, -0.05) is 50.6 Å². The number of hydrogen-bond acceptors (Lipinski definition) is 3. The Morgan fingerprint density at radius 1 is 1.08 bits per heavy atom. The van der Waals surface area contributed by atoms with Crippen molar-refractivity contribution in [3.05, 3.63) is 53.1 Å². The fraction of sp³-hybridized carbons (Fsp3) is 0.278. The standard InChI is InChI=1S/C18H21ClN2O3S/c1-12-9-10-13(20-17(22)18(2,3)4)11-16(12)25(23,24)21-15-8-6-5-7-14(15)19/h5-11,21H,1-4H3,(H,20,22). The van der Waals surface area contributed by atoms with Crippen molar-refractivity contribution in [3.63, 3.8) is 0 Å². The number of anilines is 2. The maximum atomic E-state index is 12.7. The van der Waals surface area contributed by atoms with Crippen LogP contribution < -0.4 is 10.0 Å². The highest BCUT2D eigenvalue weighted by molar-refractivity contribution is 7.92. The molecular formula is C18H21ClN2O3S. The highest BCUT2D eigenvalue weighted by Gasteiger charge is 2.23. The molecule has 5 nitrogen and oxygen atoms in total. The maximum Gasteiger partial charge on any atom is 0.262 e. The van der Waals surface area contributed by atoms with E-state index in [0.717, 1.165) is 0 Å². The lowest BCUT2D eigenvalue weighted by atomic mass is 9.95. The molecule has 0 bridgehead atoms. The van der Waals surface area contributed by atoms with Crippen LogP contribution in [0.3, 0.4) is 0 Å². The van der Waals surface area contributed by atoms with Crippen molar-refractivity contribution in [3.8, 4) is 0 Å². The van der Waals surface area contributed by atoms with Crippen molar-refractivity contribution < 1.29 is 13.2 Å². The van der Waals surface area contributed by atoms with Gasteiger partial charge in [0.15, 0.2) is 0 Å². The Hall–Kier alpha value is -2.05. The number of halogens is 1. The third-order valence-corrected chi connectivity index (χ3v) is 5.37. The molecule has 0 aromatic heterocycles. The summed E-state index contributed by atoms with van der Waals surface area (Å²) in [5.74, 6) is -0.196. The molecule has 0 aliphatic carbocycles. The fourth-order valence-electron chi connectivity index (χ4n) is 2.03. The van der Waals surface area contributed by atoms with Crippen LogP contribution in [0.15, 0.2) is 47.4 Å². The summed E-state index contributed by atoms with van der Waals surface area (Å²) in [6.45, 7) is 7.05. The van der Waals surface area contributed by atoms with Gasteiger partial charge < -0.3 is 5.32 Å². The number of aryl methyl sites for hydroxylation is 1. The normalized spacial score (nSPS) is 11.9. The van der Waals surface area contributed by atoms with Crippen LogP contribution in [-0.4, -0.2) is 14.3 Å². The largest absolute Gasteiger partial charge is 0.326 e. The van der Waals surface area contributed by atoms with E-state index in [2.05, 4.69) is 10.0 Å². The zero-order valence-electron chi connectivity index (χ0n) is 14.6. The molecule has 7 heteroatoms. The molecule has 0 aliphatic heterocycles. The number of carbonyl (C=O) groups excluding carboxylic acids is 1. The van der Waals surface area contributed by atoms with Crippen molar-refractivity contribution in [2.75, 3.05) is 10.0 Å². The molecule has 0 atom stereocenters. The SMILES string of the molecule is Cc1ccc(NC(=O)C(C)(C)C)cc1S(=O)(=O)Nc1ccccc1Cl. The van der Waals surface area contributed by atoms with Gasteiger partial charge in [0.05, 0.1) is 15.6 Å². The molecule has 0 fully saturated rings. The Kier molecular flexibility index (Phi) is 5.44. The summed E-state index contributed by atoms with van der Waals surface area (Å²) in [6, 6.07) is 11.4. The quantitative estimate of drug-likeness (QED) is 0.823. The first-order valence-electron chi connectivity index (χ1n) is 7.70. The zero-order valence-corrected chi connectivity index (χ0v) is 16.1. The first-order chi connectivity index (χ1) is 11.5. The lowest BCUT2D eigenvalue weighted by Crippen LogP contribution is -2.27. The second-order valence-electron chi connectivity index (χ2n) is 6.77. The Labute approximate surface area is 153 Å². The number of amides is 1. The summed E-state index contributed by atoms with van der Waals surface area (Å²) >= 11 is 6.02. The maximum absolute atomic E-state index is 12.7. The predicted octanol–water partition coefficient (Wildman–Crippen LogP) is 4.43. The summed E-state index contributed by atoms with van der Waals surface area (Å²) in [5.41, 5.74) is 0.700. The van der Waals surface area contributed by atoms with Gasteiger partial charge in [0.1, 0.15) is 0 Å². The molecule has 2 aromatic rings. The lowest BCUT2D eigenvalue weighted by molar-refractivity contribution is -0.123. The van der Waals surface area contributed by atoms with Crippen molar-refractivity contribution in [1.29, 1.82) is 0 Å². The predicted molar refractivity (Wildman–Crippen MR) is 102 cm³/mol. The Morgan fingerprint density at radius 2 is 1.72 bits per heavy atom. The Morgan fingerprint density at radius 3 is 2.32 bits per heavy atom. The van der Waals surface area contributed by atoms with E-state index in [-0.39, 0.29) is 10.8 Å². The molecule has 0 saturated heterocycles. The Bertz CT molecular complexity index is 903. The minimum atomic E-state index is -3.85. The van der Waals surface area contributed by atoms with Gasteiger partial charge in [-0.2, -0.15) is 0 Å². The van der Waals surface area contributed by atoms with E-state index in [4.69, 9.17) is 11.6 Å². The number of rotatable bonds is 4. The molecule has 2 aromatic carbocycles. The van der Waals surface area contributed by atoms with Gasteiger partial charge in [-0.3, -0.25) is 9.52 Å². The van der Waals surface area contributed by atoms with Crippen LogP contribution in [0.25, 0.3) is 0 Å². The van der Waals surface area contributed by atoms with Crippen LogP contribution in [0.5, 0.6) is 0 Å². The number of hydrogen-bond donors (Lipinski definition) is 2. The van der Waals surface area contributed by atoms with Crippen LogP contribution in [-0.2, 0) is 14.8 Å². The molecule has 0 radical (unpaired) electrons. The molecule has 0 heterocycles. The van der Waals surface area contributed by atoms with Gasteiger partial charge in [-0.25, -0.2) is 8.42 Å². The number of nitrogens with one attached hydrogen (secondary N) is 2. The summed E-state index contributed by atoms with van der Waals surface area (Å²) in [5, 5.41) is 3.05. The number of carbonyl (C=O) groups is 1.